The van der Waals surface area contributed by atoms with E-state index in [1.165, 1.54) is 19.1 Å². The van der Waals surface area contributed by atoms with Gasteiger partial charge >= 0.3 is 6.18 Å². The SMILES string of the molecule is C/C(=N\Oc1ccccc1)c1cc(Cl)ccc1C(F)(F)F. The first-order valence-corrected chi connectivity index (χ1v) is 6.39. The molecule has 0 aliphatic heterocycles. The van der Waals surface area contributed by atoms with Crippen LogP contribution in [0.15, 0.2) is 53.7 Å². The van der Waals surface area contributed by atoms with Gasteiger partial charge in [-0.3, -0.25) is 0 Å². The highest BCUT2D eigenvalue weighted by molar-refractivity contribution is 6.31. The van der Waals surface area contributed by atoms with Crippen molar-refractivity contribution in [3.63, 3.8) is 0 Å². The molecular weight excluding hydrogens is 303 g/mol. The molecule has 0 saturated heterocycles. The highest BCUT2D eigenvalue weighted by Crippen LogP contribution is 2.33. The van der Waals surface area contributed by atoms with Gasteiger partial charge < -0.3 is 4.84 Å². The number of hydrogen-bond donors (Lipinski definition) is 0. The minimum Gasteiger partial charge on any atom is -0.357 e. The third kappa shape index (κ3) is 3.98. The number of benzene rings is 2. The van der Waals surface area contributed by atoms with Crippen LogP contribution >= 0.6 is 11.6 Å². The van der Waals surface area contributed by atoms with Crippen molar-refractivity contribution in [1.29, 1.82) is 0 Å². The van der Waals surface area contributed by atoms with Crippen molar-refractivity contribution in [2.45, 2.75) is 13.1 Å². The van der Waals surface area contributed by atoms with Gasteiger partial charge in [0.1, 0.15) is 0 Å². The van der Waals surface area contributed by atoms with Gasteiger partial charge in [0.15, 0.2) is 5.75 Å². The number of oxime groups is 1. The van der Waals surface area contributed by atoms with Crippen LogP contribution in [-0.4, -0.2) is 5.71 Å². The van der Waals surface area contributed by atoms with E-state index < -0.39 is 11.7 Å². The molecule has 2 aromatic carbocycles. The van der Waals surface area contributed by atoms with Gasteiger partial charge in [0.25, 0.3) is 0 Å². The molecule has 0 radical (unpaired) electrons. The number of alkyl halides is 3. The van der Waals surface area contributed by atoms with E-state index in [1.807, 2.05) is 0 Å². The van der Waals surface area contributed by atoms with Crippen LogP contribution in [0, 0.1) is 0 Å². The van der Waals surface area contributed by atoms with Crippen molar-refractivity contribution in [1.82, 2.24) is 0 Å². The van der Waals surface area contributed by atoms with Gasteiger partial charge in [-0.2, -0.15) is 13.2 Å². The second-order valence-electron chi connectivity index (χ2n) is 4.27. The van der Waals surface area contributed by atoms with Crippen LogP contribution in [0.25, 0.3) is 0 Å². The first-order chi connectivity index (χ1) is 9.88. The van der Waals surface area contributed by atoms with E-state index >= 15 is 0 Å². The van der Waals surface area contributed by atoms with Gasteiger partial charge in [-0.15, -0.1) is 0 Å². The summed E-state index contributed by atoms with van der Waals surface area (Å²) in [5.74, 6) is 0.437. The Balaban J connectivity index is 2.34. The van der Waals surface area contributed by atoms with Crippen LogP contribution in [0.2, 0.25) is 5.02 Å². The maximum atomic E-state index is 13.0. The molecule has 0 saturated carbocycles. The van der Waals surface area contributed by atoms with Crippen molar-refractivity contribution < 1.29 is 18.0 Å². The third-order valence-electron chi connectivity index (χ3n) is 2.71. The molecule has 0 heterocycles. The molecule has 21 heavy (non-hydrogen) atoms. The smallest absolute Gasteiger partial charge is 0.357 e. The van der Waals surface area contributed by atoms with Crippen molar-refractivity contribution in [2.75, 3.05) is 0 Å². The van der Waals surface area contributed by atoms with E-state index in [9.17, 15) is 13.2 Å². The van der Waals surface area contributed by atoms with Crippen LogP contribution in [0.5, 0.6) is 5.75 Å². The minimum absolute atomic E-state index is 0.0914. The molecule has 2 aromatic rings. The lowest BCUT2D eigenvalue weighted by Crippen LogP contribution is -2.12. The fourth-order valence-electron chi connectivity index (χ4n) is 1.71. The van der Waals surface area contributed by atoms with E-state index in [0.29, 0.717) is 5.75 Å². The quantitative estimate of drug-likeness (QED) is 0.566. The minimum atomic E-state index is -4.48. The van der Waals surface area contributed by atoms with Crippen LogP contribution in [0.1, 0.15) is 18.1 Å². The number of rotatable bonds is 3. The Kier molecular flexibility index (Phi) is 4.53. The molecule has 0 aliphatic carbocycles. The first kappa shape index (κ1) is 15.4. The number of halogens is 4. The lowest BCUT2D eigenvalue weighted by Gasteiger charge is -2.12. The molecule has 0 fully saturated rings. The van der Waals surface area contributed by atoms with Gasteiger partial charge in [-0.1, -0.05) is 35.0 Å². The molecule has 0 aliphatic rings. The van der Waals surface area contributed by atoms with E-state index in [2.05, 4.69) is 5.16 Å². The van der Waals surface area contributed by atoms with Crippen LogP contribution in [0.4, 0.5) is 13.2 Å². The van der Waals surface area contributed by atoms with Crippen molar-refractivity contribution in [3.8, 4) is 5.75 Å². The Labute approximate surface area is 124 Å². The Morgan fingerprint density at radius 3 is 2.38 bits per heavy atom. The van der Waals surface area contributed by atoms with Crippen LogP contribution in [0.3, 0.4) is 0 Å². The molecule has 0 N–H and O–H groups in total. The lowest BCUT2D eigenvalue weighted by molar-refractivity contribution is -0.137. The van der Waals surface area contributed by atoms with E-state index in [1.54, 1.807) is 30.3 Å². The zero-order valence-corrected chi connectivity index (χ0v) is 11.7. The normalized spacial score (nSPS) is 12.3. The molecule has 0 unspecified atom stereocenters. The van der Waals surface area contributed by atoms with Crippen molar-refractivity contribution >= 4 is 17.3 Å². The standard InChI is InChI=1S/C15H11ClF3NO/c1-10(20-21-12-5-3-2-4-6-12)13-9-11(16)7-8-14(13)15(17,18)19/h2-9H,1H3/b20-10+. The molecule has 2 nitrogen and oxygen atoms in total. The Hall–Kier alpha value is -2.01. The fourth-order valence-corrected chi connectivity index (χ4v) is 1.89. The molecule has 2 rings (SSSR count). The maximum absolute atomic E-state index is 13.0. The average Bonchev–Trinajstić information content (AvgIpc) is 2.44. The second kappa shape index (κ2) is 6.18. The lowest BCUT2D eigenvalue weighted by atomic mass is 10.0. The Bertz CT molecular complexity index is 654. The zero-order chi connectivity index (χ0) is 15.5. The summed E-state index contributed by atoms with van der Waals surface area (Å²) < 4.78 is 38.9. The van der Waals surface area contributed by atoms with Gasteiger partial charge in [-0.25, -0.2) is 0 Å². The van der Waals surface area contributed by atoms with Crippen molar-refractivity contribution in [3.05, 3.63) is 64.7 Å². The highest BCUT2D eigenvalue weighted by Gasteiger charge is 2.34. The van der Waals surface area contributed by atoms with Gasteiger partial charge in [0.2, 0.25) is 0 Å². The summed E-state index contributed by atoms with van der Waals surface area (Å²) in [6.07, 6.45) is -4.48. The molecule has 0 aromatic heterocycles. The second-order valence-corrected chi connectivity index (χ2v) is 4.71. The Morgan fingerprint density at radius 2 is 1.76 bits per heavy atom. The summed E-state index contributed by atoms with van der Waals surface area (Å²) in [6, 6.07) is 11.9. The fraction of sp³-hybridized carbons (Fsp3) is 0.133. The summed E-state index contributed by atoms with van der Waals surface area (Å²) in [6.45, 7) is 1.43. The summed E-state index contributed by atoms with van der Waals surface area (Å²) in [5, 5.41) is 3.94. The molecule has 110 valence electrons. The van der Waals surface area contributed by atoms with E-state index in [-0.39, 0.29) is 16.3 Å². The number of para-hydroxylation sites is 1. The predicted octanol–water partition coefficient (Wildman–Crippen LogP) is 5.16. The molecule has 0 amide bonds. The molecule has 6 heteroatoms. The highest BCUT2D eigenvalue weighted by atomic mass is 35.5. The average molecular weight is 314 g/mol. The van der Waals surface area contributed by atoms with E-state index in [0.717, 1.165) is 6.07 Å². The number of nitrogens with zero attached hydrogens (tertiary/aromatic N) is 1. The Morgan fingerprint density at radius 1 is 1.10 bits per heavy atom. The molecule has 0 atom stereocenters. The first-order valence-electron chi connectivity index (χ1n) is 6.01. The topological polar surface area (TPSA) is 21.6 Å². The third-order valence-corrected chi connectivity index (χ3v) is 2.94. The van der Waals surface area contributed by atoms with Gasteiger partial charge in [-0.05, 0) is 37.3 Å². The van der Waals surface area contributed by atoms with Crippen LogP contribution in [-0.2, 0) is 6.18 Å². The summed E-state index contributed by atoms with van der Waals surface area (Å²) in [4.78, 5) is 5.11. The largest absolute Gasteiger partial charge is 0.417 e. The molecular formula is C15H11ClF3NO. The summed E-state index contributed by atoms with van der Waals surface area (Å²) in [7, 11) is 0. The molecule has 0 spiro atoms. The van der Waals surface area contributed by atoms with Gasteiger partial charge in [0, 0.05) is 10.6 Å². The monoisotopic (exact) mass is 313 g/mol. The summed E-state index contributed by atoms with van der Waals surface area (Å²) in [5.41, 5.74) is -0.815. The van der Waals surface area contributed by atoms with E-state index in [4.69, 9.17) is 16.4 Å². The maximum Gasteiger partial charge on any atom is 0.417 e. The molecule has 0 bridgehead atoms. The van der Waals surface area contributed by atoms with Crippen molar-refractivity contribution in [2.24, 2.45) is 5.16 Å². The van der Waals surface area contributed by atoms with Gasteiger partial charge in [0.05, 0.1) is 11.3 Å². The number of hydrogen-bond acceptors (Lipinski definition) is 2. The van der Waals surface area contributed by atoms with Crippen LogP contribution < -0.4 is 4.84 Å². The zero-order valence-electron chi connectivity index (χ0n) is 11.0. The predicted molar refractivity (Wildman–Crippen MR) is 75.7 cm³/mol. The summed E-state index contributed by atoms with van der Waals surface area (Å²) >= 11 is 5.76.